The molecule has 0 bridgehead atoms. The second kappa shape index (κ2) is 6.20. The quantitative estimate of drug-likeness (QED) is 0.718. The van der Waals surface area contributed by atoms with Gasteiger partial charge in [0.2, 0.25) is 0 Å². The largest absolute Gasteiger partial charge is 0.468 e. The van der Waals surface area contributed by atoms with Gasteiger partial charge in [0, 0.05) is 19.6 Å². The highest BCUT2D eigenvalue weighted by Gasteiger charge is 2.52. The van der Waals surface area contributed by atoms with Crippen molar-refractivity contribution in [2.75, 3.05) is 40.4 Å². The molecule has 19 heavy (non-hydrogen) atoms. The van der Waals surface area contributed by atoms with Gasteiger partial charge in [-0.25, -0.2) is 4.79 Å². The molecule has 1 saturated heterocycles. The summed E-state index contributed by atoms with van der Waals surface area (Å²) in [7, 11) is 3.35. The van der Waals surface area contributed by atoms with Gasteiger partial charge in [0.05, 0.1) is 19.8 Å². The summed E-state index contributed by atoms with van der Waals surface area (Å²) in [4.78, 5) is 14.6. The molecule has 1 N–H and O–H groups in total. The molecule has 2 unspecified atom stereocenters. The summed E-state index contributed by atoms with van der Waals surface area (Å²) >= 11 is 0. The normalized spacial score (nSPS) is 27.8. The molecule has 0 spiro atoms. The molecule has 2 atom stereocenters. The third kappa shape index (κ3) is 3.09. The van der Waals surface area contributed by atoms with Crippen LogP contribution in [0, 0.1) is 5.92 Å². The molecule has 1 saturated carbocycles. The van der Waals surface area contributed by atoms with Crippen LogP contribution in [0.15, 0.2) is 0 Å². The van der Waals surface area contributed by atoms with E-state index >= 15 is 0 Å². The molecule has 1 aliphatic carbocycles. The van der Waals surface area contributed by atoms with Crippen LogP contribution in [-0.2, 0) is 14.3 Å². The van der Waals surface area contributed by atoms with Crippen LogP contribution < -0.4 is 5.32 Å². The molecule has 2 fully saturated rings. The monoisotopic (exact) mass is 270 g/mol. The van der Waals surface area contributed by atoms with Crippen LogP contribution in [0.3, 0.4) is 0 Å². The van der Waals surface area contributed by atoms with Crippen molar-refractivity contribution < 1.29 is 14.3 Å². The van der Waals surface area contributed by atoms with Gasteiger partial charge in [0.1, 0.15) is 5.54 Å². The number of likely N-dealkylation sites (N-methyl/N-ethyl adjacent to an activating group) is 1. The second-order valence-electron chi connectivity index (χ2n) is 5.62. The predicted octanol–water partition coefficient (Wildman–Crippen LogP) is 0.638. The summed E-state index contributed by atoms with van der Waals surface area (Å²) in [5.74, 6) is 0.282. The molecule has 1 heterocycles. The maximum Gasteiger partial charge on any atom is 0.327 e. The van der Waals surface area contributed by atoms with E-state index in [1.807, 2.05) is 7.05 Å². The molecule has 0 radical (unpaired) electrons. The average Bonchev–Trinajstić information content (AvgIpc) is 3.29. The summed E-state index contributed by atoms with van der Waals surface area (Å²) in [5.41, 5.74) is -0.537. The van der Waals surface area contributed by atoms with E-state index in [0.29, 0.717) is 12.0 Å². The van der Waals surface area contributed by atoms with Gasteiger partial charge in [-0.3, -0.25) is 4.90 Å². The lowest BCUT2D eigenvalue weighted by molar-refractivity contribution is -0.151. The first-order valence-electron chi connectivity index (χ1n) is 7.27. The van der Waals surface area contributed by atoms with Gasteiger partial charge in [0.15, 0.2) is 0 Å². The van der Waals surface area contributed by atoms with Gasteiger partial charge in [-0.05, 0) is 32.2 Å². The Hall–Kier alpha value is -0.650. The molecule has 5 nitrogen and oxygen atoms in total. The third-order valence-electron chi connectivity index (χ3n) is 4.42. The fraction of sp³-hybridized carbons (Fsp3) is 0.929. The van der Waals surface area contributed by atoms with Crippen molar-refractivity contribution in [3.8, 4) is 0 Å². The Balaban J connectivity index is 2.05. The van der Waals surface area contributed by atoms with Crippen molar-refractivity contribution in [3.63, 3.8) is 0 Å². The fourth-order valence-corrected chi connectivity index (χ4v) is 3.03. The van der Waals surface area contributed by atoms with Gasteiger partial charge >= 0.3 is 5.97 Å². The van der Waals surface area contributed by atoms with E-state index in [1.165, 1.54) is 7.11 Å². The minimum Gasteiger partial charge on any atom is -0.468 e. The number of hydrogen-bond donors (Lipinski definition) is 1. The van der Waals surface area contributed by atoms with Crippen LogP contribution in [-0.4, -0.2) is 62.9 Å². The number of morpholine rings is 1. The van der Waals surface area contributed by atoms with E-state index in [2.05, 4.69) is 17.1 Å². The molecule has 110 valence electrons. The van der Waals surface area contributed by atoms with Gasteiger partial charge in [0.25, 0.3) is 0 Å². The number of nitrogens with one attached hydrogen (secondary N) is 1. The van der Waals surface area contributed by atoms with Crippen molar-refractivity contribution in [1.82, 2.24) is 10.2 Å². The summed E-state index contributed by atoms with van der Waals surface area (Å²) in [5, 5.41) is 3.25. The number of nitrogens with zero attached hydrogens (tertiary/aromatic N) is 1. The lowest BCUT2D eigenvalue weighted by Crippen LogP contribution is -2.61. The topological polar surface area (TPSA) is 50.8 Å². The minimum absolute atomic E-state index is 0.128. The van der Waals surface area contributed by atoms with Crippen LogP contribution in [0.4, 0.5) is 0 Å². The summed E-state index contributed by atoms with van der Waals surface area (Å²) in [6.45, 7) is 5.42. The maximum atomic E-state index is 12.2. The van der Waals surface area contributed by atoms with Crippen molar-refractivity contribution in [2.24, 2.45) is 5.92 Å². The number of esters is 1. The molecule has 0 aromatic carbocycles. The molecule has 1 aliphatic heterocycles. The second-order valence-corrected chi connectivity index (χ2v) is 5.62. The van der Waals surface area contributed by atoms with Crippen molar-refractivity contribution >= 4 is 5.97 Å². The Bertz CT molecular complexity index is 320. The first kappa shape index (κ1) is 14.8. The van der Waals surface area contributed by atoms with Gasteiger partial charge in [-0.1, -0.05) is 6.92 Å². The SMILES string of the molecule is CCC1CN(CC(NC)(C(=O)OC)C2CC2)CCO1. The van der Waals surface area contributed by atoms with Crippen molar-refractivity contribution in [1.29, 1.82) is 0 Å². The van der Waals surface area contributed by atoms with Crippen molar-refractivity contribution in [2.45, 2.75) is 37.8 Å². The molecule has 0 aromatic heterocycles. The number of carbonyl (C=O) groups excluding carboxylic acids is 1. The van der Waals surface area contributed by atoms with E-state index in [-0.39, 0.29) is 5.97 Å². The number of ether oxygens (including phenoxy) is 2. The van der Waals surface area contributed by atoms with Crippen LogP contribution >= 0.6 is 0 Å². The smallest absolute Gasteiger partial charge is 0.327 e. The molecule has 2 rings (SSSR count). The zero-order chi connectivity index (χ0) is 13.9. The average molecular weight is 270 g/mol. The Morgan fingerprint density at radius 1 is 1.53 bits per heavy atom. The maximum absolute atomic E-state index is 12.2. The molecular weight excluding hydrogens is 244 g/mol. The standard InChI is InChI=1S/C14H26N2O3/c1-4-12-9-16(7-8-19-12)10-14(15-2,11-5-6-11)13(17)18-3/h11-12,15H,4-10H2,1-3H3. The third-order valence-corrected chi connectivity index (χ3v) is 4.42. The summed E-state index contributed by atoms with van der Waals surface area (Å²) < 4.78 is 10.7. The number of hydrogen-bond acceptors (Lipinski definition) is 5. The van der Waals surface area contributed by atoms with Crippen LogP contribution in [0.2, 0.25) is 0 Å². The molecule has 0 aromatic rings. The van der Waals surface area contributed by atoms with E-state index in [1.54, 1.807) is 0 Å². The van der Waals surface area contributed by atoms with Crippen LogP contribution in [0.1, 0.15) is 26.2 Å². The Kier molecular flexibility index (Phi) is 4.81. The van der Waals surface area contributed by atoms with E-state index in [9.17, 15) is 4.79 Å². The molecule has 0 amide bonds. The highest BCUT2D eigenvalue weighted by Crippen LogP contribution is 2.41. The molecular formula is C14H26N2O3. The van der Waals surface area contributed by atoms with E-state index < -0.39 is 5.54 Å². The molecule has 5 heteroatoms. The van der Waals surface area contributed by atoms with E-state index in [0.717, 1.165) is 45.5 Å². The summed E-state index contributed by atoms with van der Waals surface area (Å²) in [6.07, 6.45) is 3.53. The number of rotatable bonds is 6. The fourth-order valence-electron chi connectivity index (χ4n) is 3.03. The first-order chi connectivity index (χ1) is 9.16. The number of methoxy groups -OCH3 is 1. The van der Waals surface area contributed by atoms with Gasteiger partial charge in [-0.2, -0.15) is 0 Å². The number of carbonyl (C=O) groups is 1. The summed E-state index contributed by atoms with van der Waals surface area (Å²) in [6, 6.07) is 0. The predicted molar refractivity (Wildman–Crippen MR) is 73.0 cm³/mol. The highest BCUT2D eigenvalue weighted by atomic mass is 16.5. The van der Waals surface area contributed by atoms with Crippen molar-refractivity contribution in [3.05, 3.63) is 0 Å². The Morgan fingerprint density at radius 3 is 2.79 bits per heavy atom. The molecule has 2 aliphatic rings. The lowest BCUT2D eigenvalue weighted by atomic mass is 9.92. The first-order valence-corrected chi connectivity index (χ1v) is 7.27. The van der Waals surface area contributed by atoms with Crippen LogP contribution in [0.5, 0.6) is 0 Å². The highest BCUT2D eigenvalue weighted by molar-refractivity contribution is 5.82. The zero-order valence-corrected chi connectivity index (χ0v) is 12.3. The minimum atomic E-state index is -0.537. The van der Waals surface area contributed by atoms with E-state index in [4.69, 9.17) is 9.47 Å². The van der Waals surface area contributed by atoms with Gasteiger partial charge < -0.3 is 14.8 Å². The lowest BCUT2D eigenvalue weighted by Gasteiger charge is -2.39. The van der Waals surface area contributed by atoms with Gasteiger partial charge in [-0.15, -0.1) is 0 Å². The van der Waals surface area contributed by atoms with Crippen LogP contribution in [0.25, 0.3) is 0 Å². The Labute approximate surface area is 115 Å². The Morgan fingerprint density at radius 2 is 2.26 bits per heavy atom. The zero-order valence-electron chi connectivity index (χ0n) is 12.3.